The van der Waals surface area contributed by atoms with Crippen molar-refractivity contribution in [3.8, 4) is 0 Å². The summed E-state index contributed by atoms with van der Waals surface area (Å²) in [5, 5.41) is 6.47. The van der Waals surface area contributed by atoms with Gasteiger partial charge in [0.1, 0.15) is 5.01 Å². The lowest BCUT2D eigenvalue weighted by molar-refractivity contribution is 0.723. The van der Waals surface area contributed by atoms with Crippen LogP contribution in [0.3, 0.4) is 0 Å². The van der Waals surface area contributed by atoms with Crippen molar-refractivity contribution >= 4 is 17.3 Å². The van der Waals surface area contributed by atoms with Gasteiger partial charge in [-0.2, -0.15) is 0 Å². The maximum atomic E-state index is 4.59. The molecule has 1 atom stereocenters. The van der Waals surface area contributed by atoms with Crippen molar-refractivity contribution in [1.29, 1.82) is 0 Å². The van der Waals surface area contributed by atoms with Gasteiger partial charge in [-0.3, -0.25) is 0 Å². The molecule has 0 bridgehead atoms. The van der Waals surface area contributed by atoms with Gasteiger partial charge in [0.05, 0.1) is 6.04 Å². The summed E-state index contributed by atoms with van der Waals surface area (Å²) in [4.78, 5) is 13.4. The Morgan fingerprint density at radius 1 is 1.32 bits per heavy atom. The first-order chi connectivity index (χ1) is 9.10. The maximum Gasteiger partial charge on any atom is 0.223 e. The minimum absolute atomic E-state index is 0.182. The number of aryl methyl sites for hydroxylation is 1. The number of hydrogen-bond donors (Lipinski definition) is 1. The number of hydrogen-bond acceptors (Lipinski definition) is 5. The van der Waals surface area contributed by atoms with Crippen LogP contribution in [0.5, 0.6) is 0 Å². The molecule has 0 amide bonds. The Kier molecular flexibility index (Phi) is 4.47. The zero-order valence-electron chi connectivity index (χ0n) is 11.8. The van der Waals surface area contributed by atoms with Gasteiger partial charge in [-0.05, 0) is 25.3 Å². The fourth-order valence-corrected chi connectivity index (χ4v) is 2.63. The Morgan fingerprint density at radius 3 is 2.68 bits per heavy atom. The molecule has 4 nitrogen and oxygen atoms in total. The van der Waals surface area contributed by atoms with Crippen molar-refractivity contribution in [2.24, 2.45) is 0 Å². The Labute approximate surface area is 118 Å². The van der Waals surface area contributed by atoms with Crippen molar-refractivity contribution in [2.75, 3.05) is 5.32 Å². The molecule has 0 aromatic carbocycles. The van der Waals surface area contributed by atoms with Crippen molar-refractivity contribution in [2.45, 2.75) is 46.1 Å². The molecule has 1 N–H and O–H groups in total. The van der Waals surface area contributed by atoms with Crippen LogP contribution in [0.4, 0.5) is 5.95 Å². The lowest BCUT2D eigenvalue weighted by atomic mass is 10.1. The molecule has 0 radical (unpaired) electrons. The predicted octanol–water partition coefficient (Wildman–Crippen LogP) is 3.93. The Bertz CT molecular complexity index is 522. The molecule has 0 spiro atoms. The highest BCUT2D eigenvalue weighted by molar-refractivity contribution is 7.09. The Morgan fingerprint density at radius 2 is 2.11 bits per heavy atom. The first kappa shape index (κ1) is 13.9. The highest BCUT2D eigenvalue weighted by atomic mass is 32.1. The fraction of sp³-hybridized carbons (Fsp3) is 0.500. The molecule has 0 saturated heterocycles. The highest BCUT2D eigenvalue weighted by Crippen LogP contribution is 2.23. The topological polar surface area (TPSA) is 50.7 Å². The summed E-state index contributed by atoms with van der Waals surface area (Å²) in [6, 6.07) is 2.22. The lowest BCUT2D eigenvalue weighted by Crippen LogP contribution is -2.13. The number of rotatable bonds is 5. The molecule has 2 rings (SSSR count). The molecule has 5 heteroatoms. The monoisotopic (exact) mass is 276 g/mol. The van der Waals surface area contributed by atoms with E-state index >= 15 is 0 Å². The van der Waals surface area contributed by atoms with Gasteiger partial charge in [-0.15, -0.1) is 11.3 Å². The third-order valence-electron chi connectivity index (χ3n) is 2.93. The van der Waals surface area contributed by atoms with Crippen molar-refractivity contribution < 1.29 is 0 Å². The van der Waals surface area contributed by atoms with Gasteiger partial charge in [0.25, 0.3) is 0 Å². The van der Waals surface area contributed by atoms with E-state index in [4.69, 9.17) is 0 Å². The van der Waals surface area contributed by atoms with E-state index in [0.717, 1.165) is 22.8 Å². The molecule has 19 heavy (non-hydrogen) atoms. The summed E-state index contributed by atoms with van der Waals surface area (Å²) < 4.78 is 0. The maximum absolute atomic E-state index is 4.59. The fourth-order valence-electron chi connectivity index (χ4n) is 1.85. The van der Waals surface area contributed by atoms with Crippen LogP contribution >= 0.6 is 11.3 Å². The average molecular weight is 276 g/mol. The van der Waals surface area contributed by atoms with Gasteiger partial charge in [0.2, 0.25) is 5.95 Å². The SMILES string of the molecule is CCC(Nc1nc(C)cc(C(C)C)n1)c1nccs1. The van der Waals surface area contributed by atoms with E-state index in [-0.39, 0.29) is 6.04 Å². The van der Waals surface area contributed by atoms with E-state index in [2.05, 4.69) is 41.0 Å². The molecule has 2 aromatic rings. The van der Waals surface area contributed by atoms with Crippen LogP contribution < -0.4 is 5.32 Å². The summed E-state index contributed by atoms with van der Waals surface area (Å²) in [7, 11) is 0. The highest BCUT2D eigenvalue weighted by Gasteiger charge is 2.14. The van der Waals surface area contributed by atoms with Crippen LogP contribution in [0.15, 0.2) is 17.6 Å². The van der Waals surface area contributed by atoms with Crippen LogP contribution in [-0.2, 0) is 0 Å². The average Bonchev–Trinajstić information content (AvgIpc) is 2.89. The molecule has 0 aliphatic heterocycles. The summed E-state index contributed by atoms with van der Waals surface area (Å²) in [6.45, 7) is 8.43. The molecule has 102 valence electrons. The minimum Gasteiger partial charge on any atom is -0.345 e. The van der Waals surface area contributed by atoms with E-state index in [1.165, 1.54) is 0 Å². The first-order valence-electron chi connectivity index (χ1n) is 6.61. The zero-order chi connectivity index (χ0) is 13.8. The predicted molar refractivity (Wildman–Crippen MR) is 79.6 cm³/mol. The number of thiazole rings is 1. The Hall–Kier alpha value is -1.49. The van der Waals surface area contributed by atoms with Crippen LogP contribution in [0.2, 0.25) is 0 Å². The largest absolute Gasteiger partial charge is 0.345 e. The molecule has 0 fully saturated rings. The zero-order valence-corrected chi connectivity index (χ0v) is 12.7. The van der Waals surface area contributed by atoms with Gasteiger partial charge in [0.15, 0.2) is 0 Å². The third kappa shape index (κ3) is 3.50. The van der Waals surface area contributed by atoms with E-state index < -0.39 is 0 Å². The Balaban J connectivity index is 2.22. The minimum atomic E-state index is 0.182. The van der Waals surface area contributed by atoms with Gasteiger partial charge < -0.3 is 5.32 Å². The van der Waals surface area contributed by atoms with Gasteiger partial charge in [-0.1, -0.05) is 20.8 Å². The van der Waals surface area contributed by atoms with E-state index in [0.29, 0.717) is 11.9 Å². The van der Waals surface area contributed by atoms with Crippen molar-refractivity contribution in [3.05, 3.63) is 34.0 Å². The molecule has 0 aliphatic carbocycles. The molecule has 0 aliphatic rings. The normalized spacial score (nSPS) is 12.7. The summed E-state index contributed by atoms with van der Waals surface area (Å²) in [5.74, 6) is 1.10. The number of anilines is 1. The second-order valence-corrected chi connectivity index (χ2v) is 5.81. The summed E-state index contributed by atoms with van der Waals surface area (Å²) in [6.07, 6.45) is 2.79. The van der Waals surface area contributed by atoms with Crippen molar-refractivity contribution in [3.63, 3.8) is 0 Å². The summed E-state index contributed by atoms with van der Waals surface area (Å²) >= 11 is 1.66. The molecule has 2 heterocycles. The van der Waals surface area contributed by atoms with Crippen LogP contribution in [0, 0.1) is 6.92 Å². The van der Waals surface area contributed by atoms with Crippen molar-refractivity contribution in [1.82, 2.24) is 15.0 Å². The second-order valence-electron chi connectivity index (χ2n) is 4.89. The lowest BCUT2D eigenvalue weighted by Gasteiger charge is -2.16. The first-order valence-corrected chi connectivity index (χ1v) is 7.49. The van der Waals surface area contributed by atoms with Gasteiger partial charge in [0, 0.05) is 23.0 Å². The van der Waals surface area contributed by atoms with Crippen LogP contribution in [-0.4, -0.2) is 15.0 Å². The van der Waals surface area contributed by atoms with Crippen LogP contribution in [0.1, 0.15) is 55.5 Å². The van der Waals surface area contributed by atoms with E-state index in [9.17, 15) is 0 Å². The second kappa shape index (κ2) is 6.10. The number of nitrogens with zero attached hydrogens (tertiary/aromatic N) is 3. The molecule has 0 saturated carbocycles. The third-order valence-corrected chi connectivity index (χ3v) is 3.82. The molecule has 2 aromatic heterocycles. The smallest absolute Gasteiger partial charge is 0.223 e. The number of nitrogens with one attached hydrogen (secondary N) is 1. The van der Waals surface area contributed by atoms with Gasteiger partial charge in [-0.25, -0.2) is 15.0 Å². The molecular weight excluding hydrogens is 256 g/mol. The van der Waals surface area contributed by atoms with E-state index in [1.807, 2.05) is 24.6 Å². The number of aromatic nitrogens is 3. The van der Waals surface area contributed by atoms with Gasteiger partial charge >= 0.3 is 0 Å². The summed E-state index contributed by atoms with van der Waals surface area (Å²) in [5.41, 5.74) is 2.07. The van der Waals surface area contributed by atoms with E-state index in [1.54, 1.807) is 11.3 Å². The quantitative estimate of drug-likeness (QED) is 0.899. The standard InChI is InChI=1S/C14H20N4S/c1-5-11(13-15-6-7-19-13)17-14-16-10(4)8-12(18-14)9(2)3/h6-9,11H,5H2,1-4H3,(H,16,17,18). The van der Waals surface area contributed by atoms with Crippen LogP contribution in [0.25, 0.3) is 0 Å². The molecular formula is C14H20N4S. The molecule has 1 unspecified atom stereocenters.